The number of anilines is 1. The molecular formula is C18H13ClN4O2. The van der Waals surface area contributed by atoms with Gasteiger partial charge in [-0.3, -0.25) is 20.1 Å². The zero-order valence-corrected chi connectivity index (χ0v) is 13.8. The summed E-state index contributed by atoms with van der Waals surface area (Å²) in [5.41, 5.74) is 2.50. The number of non-ortho nitro benzene ring substituents is 1. The van der Waals surface area contributed by atoms with Crippen molar-refractivity contribution < 1.29 is 4.92 Å². The second-order valence-corrected chi connectivity index (χ2v) is 5.63. The molecule has 7 heteroatoms. The summed E-state index contributed by atoms with van der Waals surface area (Å²) >= 11 is 6.31. The van der Waals surface area contributed by atoms with Gasteiger partial charge in [-0.25, -0.2) is 0 Å². The second kappa shape index (κ2) is 7.16. The van der Waals surface area contributed by atoms with E-state index in [2.05, 4.69) is 21.2 Å². The van der Waals surface area contributed by atoms with Crippen LogP contribution in [0.3, 0.4) is 0 Å². The first-order chi connectivity index (χ1) is 12.1. The van der Waals surface area contributed by atoms with Crippen LogP contribution in [0.2, 0.25) is 5.02 Å². The molecule has 0 atom stereocenters. The molecule has 1 N–H and O–H groups in total. The summed E-state index contributed by atoms with van der Waals surface area (Å²) in [5.74, 6) is 3.04. The SMILES string of the molecule is C#CCN=C1CN=C(c2ccccc2Cl)c2cc([N+](=O)[O-])ccc2N1. The van der Waals surface area contributed by atoms with Gasteiger partial charge in [0.1, 0.15) is 12.4 Å². The van der Waals surface area contributed by atoms with Gasteiger partial charge in [0.25, 0.3) is 5.69 Å². The molecule has 1 aliphatic heterocycles. The molecule has 0 spiro atoms. The number of terminal acetylenes is 1. The number of hydrogen-bond donors (Lipinski definition) is 1. The molecule has 1 heterocycles. The third-order valence-electron chi connectivity index (χ3n) is 3.63. The molecule has 1 aliphatic rings. The van der Waals surface area contributed by atoms with Crippen LogP contribution < -0.4 is 5.32 Å². The van der Waals surface area contributed by atoms with E-state index in [1.807, 2.05) is 18.2 Å². The number of nitro groups is 1. The molecule has 2 aromatic rings. The van der Waals surface area contributed by atoms with Crippen molar-refractivity contribution in [1.29, 1.82) is 0 Å². The lowest BCUT2D eigenvalue weighted by Gasteiger charge is -2.11. The van der Waals surface area contributed by atoms with Crippen molar-refractivity contribution in [3.05, 3.63) is 68.7 Å². The maximum atomic E-state index is 11.2. The predicted molar refractivity (Wildman–Crippen MR) is 99.8 cm³/mol. The van der Waals surface area contributed by atoms with Crippen molar-refractivity contribution in [3.8, 4) is 12.3 Å². The number of hydrogen-bond acceptors (Lipinski definition) is 4. The van der Waals surface area contributed by atoms with Crippen LogP contribution in [0.25, 0.3) is 0 Å². The standard InChI is InChI=1S/C18H13ClN4O2/c1-2-9-20-17-11-21-18(13-5-3-4-6-15(13)19)14-10-12(23(24)25)7-8-16(14)22-17/h1,3-8,10H,9,11H2,(H,20,22). The van der Waals surface area contributed by atoms with Gasteiger partial charge in [-0.15, -0.1) is 6.42 Å². The molecule has 25 heavy (non-hydrogen) atoms. The molecule has 3 rings (SSSR count). The van der Waals surface area contributed by atoms with Crippen LogP contribution in [-0.4, -0.2) is 29.6 Å². The molecule has 6 nitrogen and oxygen atoms in total. The van der Waals surface area contributed by atoms with Crippen molar-refractivity contribution in [2.75, 3.05) is 18.4 Å². The first-order valence-electron chi connectivity index (χ1n) is 7.42. The van der Waals surface area contributed by atoms with Crippen LogP contribution in [0.4, 0.5) is 11.4 Å². The summed E-state index contributed by atoms with van der Waals surface area (Å²) in [6.45, 7) is 0.492. The summed E-state index contributed by atoms with van der Waals surface area (Å²) in [4.78, 5) is 19.6. The molecule has 0 aliphatic carbocycles. The Bertz CT molecular complexity index is 944. The van der Waals surface area contributed by atoms with E-state index in [4.69, 9.17) is 18.0 Å². The van der Waals surface area contributed by atoms with E-state index in [9.17, 15) is 10.1 Å². The van der Waals surface area contributed by atoms with Crippen molar-refractivity contribution in [1.82, 2.24) is 0 Å². The molecule has 0 radical (unpaired) electrons. The third-order valence-corrected chi connectivity index (χ3v) is 3.95. The second-order valence-electron chi connectivity index (χ2n) is 5.22. The average molecular weight is 353 g/mol. The largest absolute Gasteiger partial charge is 0.342 e. The van der Waals surface area contributed by atoms with Crippen LogP contribution in [-0.2, 0) is 0 Å². The molecule has 0 saturated carbocycles. The van der Waals surface area contributed by atoms with E-state index in [0.29, 0.717) is 33.4 Å². The zero-order chi connectivity index (χ0) is 17.8. The summed E-state index contributed by atoms with van der Waals surface area (Å²) in [6, 6.07) is 11.8. The summed E-state index contributed by atoms with van der Waals surface area (Å²) in [5, 5.41) is 14.8. The van der Waals surface area contributed by atoms with Crippen LogP contribution in [0, 0.1) is 22.5 Å². The van der Waals surface area contributed by atoms with E-state index in [1.165, 1.54) is 12.1 Å². The Labute approximate surface area is 149 Å². The first-order valence-corrected chi connectivity index (χ1v) is 7.80. The number of nitro benzene ring substituents is 1. The molecule has 0 unspecified atom stereocenters. The molecule has 0 bridgehead atoms. The average Bonchev–Trinajstić information content (AvgIpc) is 2.79. The van der Waals surface area contributed by atoms with Crippen LogP contribution in [0.5, 0.6) is 0 Å². The summed E-state index contributed by atoms with van der Waals surface area (Å²) in [6.07, 6.45) is 5.26. The molecule has 0 aromatic heterocycles. The highest BCUT2D eigenvalue weighted by atomic mass is 35.5. The number of rotatable bonds is 3. The number of halogens is 1. The van der Waals surface area contributed by atoms with Gasteiger partial charge >= 0.3 is 0 Å². The predicted octanol–water partition coefficient (Wildman–Crippen LogP) is 3.54. The van der Waals surface area contributed by atoms with Gasteiger partial charge in [-0.1, -0.05) is 35.7 Å². The molecule has 0 saturated heterocycles. The number of nitrogens with zero attached hydrogens (tertiary/aromatic N) is 3. The van der Waals surface area contributed by atoms with Crippen LogP contribution in [0.15, 0.2) is 52.4 Å². The van der Waals surface area contributed by atoms with E-state index in [0.717, 1.165) is 0 Å². The lowest BCUT2D eigenvalue weighted by molar-refractivity contribution is -0.384. The van der Waals surface area contributed by atoms with Gasteiger partial charge < -0.3 is 5.32 Å². The molecule has 124 valence electrons. The number of benzene rings is 2. The van der Waals surface area contributed by atoms with E-state index in [-0.39, 0.29) is 18.8 Å². The highest BCUT2D eigenvalue weighted by molar-refractivity contribution is 6.36. The first kappa shape index (κ1) is 16.7. The number of benzodiazepines with no additional fused rings is 1. The maximum Gasteiger partial charge on any atom is 0.270 e. The van der Waals surface area contributed by atoms with Crippen LogP contribution >= 0.6 is 11.6 Å². The van der Waals surface area contributed by atoms with Crippen molar-refractivity contribution in [2.24, 2.45) is 9.98 Å². The van der Waals surface area contributed by atoms with Gasteiger partial charge in [0.2, 0.25) is 0 Å². The van der Waals surface area contributed by atoms with Gasteiger partial charge in [0.05, 0.1) is 17.2 Å². The van der Waals surface area contributed by atoms with Crippen molar-refractivity contribution >= 4 is 34.5 Å². The Morgan fingerprint density at radius 2 is 2.12 bits per heavy atom. The fourth-order valence-electron chi connectivity index (χ4n) is 2.50. The Kier molecular flexibility index (Phi) is 4.78. The van der Waals surface area contributed by atoms with Crippen molar-refractivity contribution in [2.45, 2.75) is 0 Å². The molecule has 0 amide bonds. The highest BCUT2D eigenvalue weighted by Crippen LogP contribution is 2.29. The Morgan fingerprint density at radius 1 is 1.32 bits per heavy atom. The number of fused-ring (bicyclic) bond motifs is 1. The minimum absolute atomic E-state index is 0.0238. The minimum atomic E-state index is -0.442. The Hall–Kier alpha value is -3.17. The lowest BCUT2D eigenvalue weighted by atomic mass is 10.00. The fourth-order valence-corrected chi connectivity index (χ4v) is 2.72. The van der Waals surface area contributed by atoms with E-state index in [1.54, 1.807) is 12.1 Å². The molecule has 2 aromatic carbocycles. The topological polar surface area (TPSA) is 79.9 Å². The smallest absolute Gasteiger partial charge is 0.270 e. The van der Waals surface area contributed by atoms with Crippen LogP contribution in [0.1, 0.15) is 11.1 Å². The molecule has 0 fully saturated rings. The monoisotopic (exact) mass is 352 g/mol. The van der Waals surface area contributed by atoms with E-state index < -0.39 is 4.92 Å². The summed E-state index contributed by atoms with van der Waals surface area (Å²) < 4.78 is 0. The highest BCUT2D eigenvalue weighted by Gasteiger charge is 2.21. The fraction of sp³-hybridized carbons (Fsp3) is 0.111. The number of nitrogens with one attached hydrogen (secondary N) is 1. The lowest BCUT2D eigenvalue weighted by Crippen LogP contribution is -2.15. The number of aliphatic imine (C=N–C) groups is 2. The quantitative estimate of drug-likeness (QED) is 0.521. The van der Waals surface area contributed by atoms with Gasteiger partial charge in [-0.05, 0) is 12.1 Å². The van der Waals surface area contributed by atoms with Gasteiger partial charge in [0.15, 0.2) is 0 Å². The van der Waals surface area contributed by atoms with Gasteiger partial charge in [-0.2, -0.15) is 0 Å². The van der Waals surface area contributed by atoms with E-state index >= 15 is 0 Å². The Balaban J connectivity index is 2.19. The minimum Gasteiger partial charge on any atom is -0.342 e. The third kappa shape index (κ3) is 3.52. The Morgan fingerprint density at radius 3 is 2.84 bits per heavy atom. The van der Waals surface area contributed by atoms with Gasteiger partial charge in [0, 0.05) is 34.0 Å². The molecular weight excluding hydrogens is 340 g/mol. The number of amidine groups is 1. The zero-order valence-electron chi connectivity index (χ0n) is 13.1. The maximum absolute atomic E-state index is 11.2. The normalized spacial score (nSPS) is 14.7. The summed E-state index contributed by atoms with van der Waals surface area (Å²) in [7, 11) is 0. The van der Waals surface area contributed by atoms with Crippen molar-refractivity contribution in [3.63, 3.8) is 0 Å².